The molecule has 0 radical (unpaired) electrons. The Morgan fingerprint density at radius 3 is 2.77 bits per heavy atom. The number of hydrogen-bond acceptors (Lipinski definition) is 2. The van der Waals surface area contributed by atoms with Crippen molar-refractivity contribution in [2.75, 3.05) is 31.6 Å². The van der Waals surface area contributed by atoms with Gasteiger partial charge in [0.2, 0.25) is 5.91 Å². The molecule has 0 bridgehead atoms. The summed E-state index contributed by atoms with van der Waals surface area (Å²) in [5, 5.41) is 2.45. The van der Waals surface area contributed by atoms with Gasteiger partial charge in [0.1, 0.15) is 0 Å². The van der Waals surface area contributed by atoms with Crippen LogP contribution in [0.15, 0.2) is 42.5 Å². The summed E-state index contributed by atoms with van der Waals surface area (Å²) < 4.78 is 0. The molecule has 1 aliphatic rings. The van der Waals surface area contributed by atoms with Gasteiger partial charge in [0.15, 0.2) is 0 Å². The zero-order chi connectivity index (χ0) is 15.5. The van der Waals surface area contributed by atoms with Crippen LogP contribution in [0.1, 0.15) is 19.8 Å². The summed E-state index contributed by atoms with van der Waals surface area (Å²) in [4.78, 5) is 16.5. The lowest BCUT2D eigenvalue weighted by Crippen LogP contribution is -2.44. The largest absolute Gasteiger partial charge is 0.365 e. The molecule has 0 aromatic heterocycles. The van der Waals surface area contributed by atoms with Gasteiger partial charge in [-0.2, -0.15) is 0 Å². The predicted molar refractivity (Wildman–Crippen MR) is 92.2 cm³/mol. The van der Waals surface area contributed by atoms with E-state index in [-0.39, 0.29) is 5.91 Å². The van der Waals surface area contributed by atoms with Gasteiger partial charge in [-0.15, -0.1) is 0 Å². The van der Waals surface area contributed by atoms with Crippen molar-refractivity contribution in [2.45, 2.75) is 19.8 Å². The lowest BCUT2D eigenvalue weighted by Gasteiger charge is -2.32. The number of amides is 1. The van der Waals surface area contributed by atoms with Crippen LogP contribution in [-0.4, -0.2) is 37.5 Å². The van der Waals surface area contributed by atoms with Crippen LogP contribution in [-0.2, 0) is 4.79 Å². The zero-order valence-electron chi connectivity index (χ0n) is 13.5. The summed E-state index contributed by atoms with van der Waals surface area (Å²) in [5.74, 6) is 0.867. The summed E-state index contributed by atoms with van der Waals surface area (Å²) in [7, 11) is 2.00. The van der Waals surface area contributed by atoms with E-state index in [1.165, 1.54) is 17.2 Å². The molecule has 1 unspecified atom stereocenters. The minimum Gasteiger partial charge on any atom is -0.365 e. The van der Waals surface area contributed by atoms with Crippen molar-refractivity contribution in [3.8, 4) is 0 Å². The van der Waals surface area contributed by atoms with Crippen LogP contribution in [0.4, 0.5) is 5.69 Å². The fourth-order valence-corrected chi connectivity index (χ4v) is 3.22. The fourth-order valence-electron chi connectivity index (χ4n) is 3.22. The molecular formula is C19H24N2O. The van der Waals surface area contributed by atoms with E-state index in [0.29, 0.717) is 12.5 Å². The molecule has 0 spiro atoms. The molecule has 1 atom stereocenters. The van der Waals surface area contributed by atoms with E-state index in [1.807, 2.05) is 29.0 Å². The summed E-state index contributed by atoms with van der Waals surface area (Å²) in [6, 6.07) is 14.7. The monoisotopic (exact) mass is 296 g/mol. The smallest absolute Gasteiger partial charge is 0.242 e. The fraction of sp³-hybridized carbons (Fsp3) is 0.421. The molecule has 1 aliphatic heterocycles. The lowest BCUT2D eigenvalue weighted by molar-refractivity contribution is -0.131. The molecule has 0 saturated carbocycles. The highest BCUT2D eigenvalue weighted by Gasteiger charge is 2.21. The molecule has 3 heteroatoms. The maximum absolute atomic E-state index is 12.5. The molecule has 3 rings (SSSR count). The number of fused-ring (bicyclic) bond motifs is 1. The van der Waals surface area contributed by atoms with E-state index < -0.39 is 0 Å². The highest BCUT2D eigenvalue weighted by atomic mass is 16.2. The Kier molecular flexibility index (Phi) is 4.32. The average Bonchev–Trinajstić information content (AvgIpc) is 2.54. The highest BCUT2D eigenvalue weighted by Crippen LogP contribution is 2.22. The van der Waals surface area contributed by atoms with Crippen molar-refractivity contribution < 1.29 is 4.79 Å². The number of carbonyl (C=O) groups excluding carboxylic acids is 1. The first kappa shape index (κ1) is 14.9. The van der Waals surface area contributed by atoms with E-state index in [4.69, 9.17) is 0 Å². The van der Waals surface area contributed by atoms with Crippen molar-refractivity contribution >= 4 is 22.4 Å². The quantitative estimate of drug-likeness (QED) is 0.865. The molecule has 1 fully saturated rings. The molecule has 116 valence electrons. The van der Waals surface area contributed by atoms with Crippen LogP contribution in [0.5, 0.6) is 0 Å². The van der Waals surface area contributed by atoms with Crippen LogP contribution in [0.25, 0.3) is 10.8 Å². The van der Waals surface area contributed by atoms with E-state index in [0.717, 1.165) is 25.2 Å². The van der Waals surface area contributed by atoms with Gasteiger partial charge in [-0.05, 0) is 41.7 Å². The van der Waals surface area contributed by atoms with Crippen LogP contribution < -0.4 is 4.90 Å². The van der Waals surface area contributed by atoms with Crippen LogP contribution in [0, 0.1) is 5.92 Å². The van der Waals surface area contributed by atoms with Crippen LogP contribution in [0.2, 0.25) is 0 Å². The number of likely N-dealkylation sites (tertiary alicyclic amines) is 1. The summed E-state index contributed by atoms with van der Waals surface area (Å²) in [5.41, 5.74) is 1.09. The van der Waals surface area contributed by atoms with Crippen molar-refractivity contribution in [2.24, 2.45) is 5.92 Å². The van der Waals surface area contributed by atoms with Crippen molar-refractivity contribution in [3.05, 3.63) is 42.5 Å². The molecule has 22 heavy (non-hydrogen) atoms. The third-order valence-corrected chi connectivity index (χ3v) is 4.56. The maximum Gasteiger partial charge on any atom is 0.242 e. The van der Waals surface area contributed by atoms with Gasteiger partial charge >= 0.3 is 0 Å². The van der Waals surface area contributed by atoms with Gasteiger partial charge in [0, 0.05) is 25.8 Å². The molecule has 0 aliphatic carbocycles. The minimum absolute atomic E-state index is 0.238. The van der Waals surface area contributed by atoms with Gasteiger partial charge in [-0.3, -0.25) is 4.79 Å². The Hall–Kier alpha value is -2.03. The Morgan fingerprint density at radius 1 is 1.23 bits per heavy atom. The van der Waals surface area contributed by atoms with Crippen molar-refractivity contribution in [1.82, 2.24) is 4.90 Å². The topological polar surface area (TPSA) is 23.6 Å². The Bertz CT molecular complexity index is 667. The van der Waals surface area contributed by atoms with E-state index in [2.05, 4.69) is 37.3 Å². The number of anilines is 1. The maximum atomic E-state index is 12.5. The molecule has 3 nitrogen and oxygen atoms in total. The molecule has 1 saturated heterocycles. The molecule has 1 heterocycles. The molecule has 0 N–H and O–H groups in total. The SMILES string of the molecule is CC1CCCN(C(=O)CN(C)c2ccc3ccccc3c2)C1. The van der Waals surface area contributed by atoms with Gasteiger partial charge in [0.25, 0.3) is 0 Å². The third-order valence-electron chi connectivity index (χ3n) is 4.56. The Morgan fingerprint density at radius 2 is 2.00 bits per heavy atom. The summed E-state index contributed by atoms with van der Waals surface area (Å²) in [6.07, 6.45) is 2.37. The second kappa shape index (κ2) is 6.39. The van der Waals surface area contributed by atoms with Crippen molar-refractivity contribution in [1.29, 1.82) is 0 Å². The number of piperidine rings is 1. The third kappa shape index (κ3) is 3.24. The standard InChI is InChI=1S/C19H24N2O/c1-15-6-5-11-21(13-15)19(22)14-20(2)18-10-9-16-7-3-4-8-17(16)12-18/h3-4,7-10,12,15H,5-6,11,13-14H2,1-2H3. The zero-order valence-corrected chi connectivity index (χ0v) is 13.5. The number of benzene rings is 2. The number of hydrogen-bond donors (Lipinski definition) is 0. The van der Waals surface area contributed by atoms with E-state index in [9.17, 15) is 4.79 Å². The van der Waals surface area contributed by atoms with Gasteiger partial charge < -0.3 is 9.80 Å². The van der Waals surface area contributed by atoms with Crippen LogP contribution >= 0.6 is 0 Å². The second-order valence-electron chi connectivity index (χ2n) is 6.47. The second-order valence-corrected chi connectivity index (χ2v) is 6.47. The van der Waals surface area contributed by atoms with E-state index >= 15 is 0 Å². The first-order valence-electron chi connectivity index (χ1n) is 8.11. The van der Waals surface area contributed by atoms with Crippen molar-refractivity contribution in [3.63, 3.8) is 0 Å². The molecular weight excluding hydrogens is 272 g/mol. The van der Waals surface area contributed by atoms with Gasteiger partial charge in [-0.25, -0.2) is 0 Å². The number of rotatable bonds is 3. The summed E-state index contributed by atoms with van der Waals surface area (Å²) >= 11 is 0. The normalized spacial score (nSPS) is 18.5. The van der Waals surface area contributed by atoms with E-state index in [1.54, 1.807) is 0 Å². The number of nitrogens with zero attached hydrogens (tertiary/aromatic N) is 2. The Labute approximate surface area is 132 Å². The minimum atomic E-state index is 0.238. The molecule has 2 aromatic carbocycles. The lowest BCUT2D eigenvalue weighted by atomic mass is 10.0. The van der Waals surface area contributed by atoms with Gasteiger partial charge in [-0.1, -0.05) is 37.3 Å². The number of carbonyl (C=O) groups is 1. The Balaban J connectivity index is 1.69. The highest BCUT2D eigenvalue weighted by molar-refractivity contribution is 5.87. The number of likely N-dealkylation sites (N-methyl/N-ethyl adjacent to an activating group) is 1. The van der Waals surface area contributed by atoms with Crippen LogP contribution in [0.3, 0.4) is 0 Å². The molecule has 1 amide bonds. The molecule has 2 aromatic rings. The first-order chi connectivity index (χ1) is 10.6. The van der Waals surface area contributed by atoms with Gasteiger partial charge in [0.05, 0.1) is 6.54 Å². The summed E-state index contributed by atoms with van der Waals surface area (Å²) in [6.45, 7) is 4.50. The predicted octanol–water partition coefficient (Wildman–Crippen LogP) is 3.53. The average molecular weight is 296 g/mol. The first-order valence-corrected chi connectivity index (χ1v) is 8.11.